The van der Waals surface area contributed by atoms with Gasteiger partial charge in [-0.25, -0.2) is 14.5 Å². The Bertz CT molecular complexity index is 1060. The standard InChI is InChI=1S/C17H18N6S/c1-3-10-4-5-11-13(8-10)24-17-14(11)16-19-15(21-23(16)9-18-17)12-6-7-22(2)20-12/h6-7,9-10H,3-5,8H2,1-2H3. The predicted octanol–water partition coefficient (Wildman–Crippen LogP) is 3.25. The van der Waals surface area contributed by atoms with Gasteiger partial charge in [-0.3, -0.25) is 4.68 Å². The van der Waals surface area contributed by atoms with E-state index in [9.17, 15) is 0 Å². The van der Waals surface area contributed by atoms with Gasteiger partial charge in [-0.05, 0) is 36.8 Å². The molecule has 0 spiro atoms. The molecule has 5 rings (SSSR count). The molecule has 0 aromatic carbocycles. The Morgan fingerprint density at radius 2 is 2.25 bits per heavy atom. The molecule has 0 fully saturated rings. The molecule has 0 N–H and O–H groups in total. The van der Waals surface area contributed by atoms with Crippen LogP contribution < -0.4 is 0 Å². The van der Waals surface area contributed by atoms with Crippen LogP contribution in [0.1, 0.15) is 30.2 Å². The quantitative estimate of drug-likeness (QED) is 0.563. The molecular formula is C17H18N6S. The van der Waals surface area contributed by atoms with Gasteiger partial charge in [-0.15, -0.1) is 16.4 Å². The number of hydrogen-bond donors (Lipinski definition) is 0. The van der Waals surface area contributed by atoms with Gasteiger partial charge in [0, 0.05) is 18.1 Å². The molecule has 1 atom stereocenters. The zero-order valence-corrected chi connectivity index (χ0v) is 14.5. The van der Waals surface area contributed by atoms with E-state index in [-0.39, 0.29) is 0 Å². The molecule has 4 aromatic heterocycles. The van der Waals surface area contributed by atoms with Gasteiger partial charge in [0.05, 0.1) is 5.39 Å². The first-order chi connectivity index (χ1) is 11.7. The number of aryl methyl sites for hydroxylation is 2. The average molecular weight is 338 g/mol. The summed E-state index contributed by atoms with van der Waals surface area (Å²) in [6.45, 7) is 2.29. The van der Waals surface area contributed by atoms with E-state index in [1.165, 1.54) is 35.1 Å². The van der Waals surface area contributed by atoms with Gasteiger partial charge in [-0.1, -0.05) is 13.3 Å². The van der Waals surface area contributed by atoms with Crippen molar-refractivity contribution in [2.24, 2.45) is 13.0 Å². The van der Waals surface area contributed by atoms with Crippen LogP contribution in [0.15, 0.2) is 18.6 Å². The summed E-state index contributed by atoms with van der Waals surface area (Å²) in [6.07, 6.45) is 8.51. The lowest BCUT2D eigenvalue weighted by atomic mass is 9.86. The number of rotatable bonds is 2. The lowest BCUT2D eigenvalue weighted by Crippen LogP contribution is -2.11. The minimum Gasteiger partial charge on any atom is -0.275 e. The van der Waals surface area contributed by atoms with E-state index < -0.39 is 0 Å². The normalized spacial score (nSPS) is 17.7. The summed E-state index contributed by atoms with van der Waals surface area (Å²) in [5.74, 6) is 1.47. The van der Waals surface area contributed by atoms with Crippen molar-refractivity contribution in [3.8, 4) is 11.5 Å². The molecule has 4 aromatic rings. The zero-order valence-electron chi connectivity index (χ0n) is 13.7. The number of thiophene rings is 1. The smallest absolute Gasteiger partial charge is 0.202 e. The zero-order chi connectivity index (χ0) is 16.3. The summed E-state index contributed by atoms with van der Waals surface area (Å²) in [5, 5.41) is 10.2. The SMILES string of the molecule is CCC1CCc2c(sc3ncn4nc(-c5ccn(C)n5)nc4c23)C1. The van der Waals surface area contributed by atoms with Crippen LogP contribution in [-0.2, 0) is 19.9 Å². The van der Waals surface area contributed by atoms with Crippen LogP contribution in [0, 0.1) is 5.92 Å². The second-order valence-corrected chi connectivity index (χ2v) is 7.61. The molecule has 0 aliphatic heterocycles. The highest BCUT2D eigenvalue weighted by Gasteiger charge is 2.25. The van der Waals surface area contributed by atoms with Gasteiger partial charge in [0.1, 0.15) is 16.9 Å². The van der Waals surface area contributed by atoms with Crippen LogP contribution in [0.3, 0.4) is 0 Å². The molecule has 24 heavy (non-hydrogen) atoms. The number of fused-ring (bicyclic) bond motifs is 5. The molecular weight excluding hydrogens is 320 g/mol. The Hall–Kier alpha value is -2.28. The van der Waals surface area contributed by atoms with Gasteiger partial charge in [-0.2, -0.15) is 5.10 Å². The molecule has 6 nitrogen and oxygen atoms in total. The van der Waals surface area contributed by atoms with E-state index in [4.69, 9.17) is 4.98 Å². The van der Waals surface area contributed by atoms with E-state index in [1.807, 2.05) is 30.6 Å². The average Bonchev–Trinajstić information content (AvgIpc) is 3.28. The van der Waals surface area contributed by atoms with Crippen molar-refractivity contribution in [1.82, 2.24) is 29.4 Å². The third kappa shape index (κ3) is 2.00. The lowest BCUT2D eigenvalue weighted by Gasteiger charge is -2.20. The van der Waals surface area contributed by atoms with Gasteiger partial charge >= 0.3 is 0 Å². The van der Waals surface area contributed by atoms with Crippen molar-refractivity contribution in [2.45, 2.75) is 32.6 Å². The highest BCUT2D eigenvalue weighted by atomic mass is 32.1. The Morgan fingerprint density at radius 1 is 1.33 bits per heavy atom. The first-order valence-corrected chi connectivity index (χ1v) is 9.20. The summed E-state index contributed by atoms with van der Waals surface area (Å²) in [7, 11) is 1.90. The van der Waals surface area contributed by atoms with E-state index in [1.54, 1.807) is 15.5 Å². The van der Waals surface area contributed by atoms with Crippen LogP contribution in [0.25, 0.3) is 27.4 Å². The summed E-state index contributed by atoms with van der Waals surface area (Å²) >= 11 is 1.83. The first kappa shape index (κ1) is 14.1. The molecule has 0 saturated carbocycles. The molecule has 1 aliphatic rings. The predicted molar refractivity (Wildman–Crippen MR) is 94.2 cm³/mol. The minimum absolute atomic E-state index is 0.659. The Balaban J connectivity index is 1.72. The monoisotopic (exact) mass is 338 g/mol. The van der Waals surface area contributed by atoms with Crippen molar-refractivity contribution in [2.75, 3.05) is 0 Å². The van der Waals surface area contributed by atoms with Crippen LogP contribution in [-0.4, -0.2) is 29.4 Å². The second kappa shape index (κ2) is 5.11. The summed E-state index contributed by atoms with van der Waals surface area (Å²) in [6, 6.07) is 1.94. The summed E-state index contributed by atoms with van der Waals surface area (Å²) in [5.41, 5.74) is 3.15. The third-order valence-electron chi connectivity index (χ3n) is 5.01. The lowest BCUT2D eigenvalue weighted by molar-refractivity contribution is 0.451. The van der Waals surface area contributed by atoms with Gasteiger partial charge in [0.15, 0.2) is 5.65 Å². The largest absolute Gasteiger partial charge is 0.275 e. The molecule has 0 bridgehead atoms. The summed E-state index contributed by atoms with van der Waals surface area (Å²) in [4.78, 5) is 12.0. The number of hydrogen-bond acceptors (Lipinski definition) is 5. The highest BCUT2D eigenvalue weighted by Crippen LogP contribution is 2.39. The molecule has 1 unspecified atom stereocenters. The Kier molecular flexibility index (Phi) is 3.00. The maximum atomic E-state index is 4.79. The maximum absolute atomic E-state index is 4.79. The topological polar surface area (TPSA) is 60.9 Å². The molecule has 0 amide bonds. The molecule has 0 saturated heterocycles. The maximum Gasteiger partial charge on any atom is 0.202 e. The fraction of sp³-hybridized carbons (Fsp3) is 0.412. The van der Waals surface area contributed by atoms with Crippen molar-refractivity contribution >= 4 is 27.2 Å². The van der Waals surface area contributed by atoms with Crippen LogP contribution in [0.2, 0.25) is 0 Å². The van der Waals surface area contributed by atoms with E-state index in [0.29, 0.717) is 5.82 Å². The number of nitrogens with zero attached hydrogens (tertiary/aromatic N) is 6. The molecule has 4 heterocycles. The van der Waals surface area contributed by atoms with Crippen molar-refractivity contribution in [1.29, 1.82) is 0 Å². The molecule has 1 aliphatic carbocycles. The highest BCUT2D eigenvalue weighted by molar-refractivity contribution is 7.19. The second-order valence-electron chi connectivity index (χ2n) is 6.52. The Morgan fingerprint density at radius 3 is 3.04 bits per heavy atom. The van der Waals surface area contributed by atoms with Crippen molar-refractivity contribution in [3.05, 3.63) is 29.0 Å². The molecule has 122 valence electrons. The number of aromatic nitrogens is 6. The third-order valence-corrected chi connectivity index (χ3v) is 6.17. The van der Waals surface area contributed by atoms with E-state index in [2.05, 4.69) is 22.1 Å². The van der Waals surface area contributed by atoms with Crippen LogP contribution in [0.5, 0.6) is 0 Å². The minimum atomic E-state index is 0.659. The van der Waals surface area contributed by atoms with Gasteiger partial charge in [0.25, 0.3) is 0 Å². The van der Waals surface area contributed by atoms with Crippen molar-refractivity contribution < 1.29 is 0 Å². The van der Waals surface area contributed by atoms with E-state index >= 15 is 0 Å². The van der Waals surface area contributed by atoms with E-state index in [0.717, 1.165) is 28.5 Å². The Labute approximate surface area is 143 Å². The van der Waals surface area contributed by atoms with Crippen LogP contribution >= 0.6 is 11.3 Å². The van der Waals surface area contributed by atoms with Crippen LogP contribution in [0.4, 0.5) is 0 Å². The summed E-state index contributed by atoms with van der Waals surface area (Å²) < 4.78 is 3.57. The molecule has 7 heteroatoms. The van der Waals surface area contributed by atoms with Gasteiger partial charge in [0.2, 0.25) is 5.82 Å². The molecule has 0 radical (unpaired) electrons. The fourth-order valence-corrected chi connectivity index (χ4v) is 4.93. The fourth-order valence-electron chi connectivity index (χ4n) is 3.63. The van der Waals surface area contributed by atoms with Gasteiger partial charge < -0.3 is 0 Å². The first-order valence-electron chi connectivity index (χ1n) is 8.38. The van der Waals surface area contributed by atoms with Crippen molar-refractivity contribution in [3.63, 3.8) is 0 Å².